The number of ether oxygens (including phenoxy) is 2. The van der Waals surface area contributed by atoms with Gasteiger partial charge in [-0.05, 0) is 60.1 Å². The molecule has 10 N–H and O–H groups in total. The number of nitrogens with zero attached hydrogens (tertiary/aromatic N) is 4. The van der Waals surface area contributed by atoms with Crippen LogP contribution in [0.3, 0.4) is 0 Å². The topological polar surface area (TPSA) is 246 Å². The molecular weight excluding hydrogens is 596 g/mol. The predicted molar refractivity (Wildman–Crippen MR) is 172 cm³/mol. The van der Waals surface area contributed by atoms with Gasteiger partial charge in [0, 0.05) is 27.2 Å². The molecule has 0 spiro atoms. The first-order valence-electron chi connectivity index (χ1n) is 14.7. The van der Waals surface area contributed by atoms with E-state index in [4.69, 9.17) is 32.4 Å². The van der Waals surface area contributed by atoms with Gasteiger partial charge in [-0.25, -0.2) is 39.0 Å². The lowest BCUT2D eigenvalue weighted by atomic mass is 9.80. The highest BCUT2D eigenvalue weighted by atomic mass is 16.6. The lowest BCUT2D eigenvalue weighted by molar-refractivity contribution is 0.0409. The molecule has 1 aliphatic rings. The van der Waals surface area contributed by atoms with Gasteiger partial charge in [0.25, 0.3) is 0 Å². The van der Waals surface area contributed by atoms with Crippen LogP contribution in [0.2, 0.25) is 0 Å². The standard InChI is InChI=1S/C30H42N10O6/c1-39(27(41)35-15-19-7-11-23(12-8-19)37-25(31)32)29(43)45-17-21-5-3-4-6-22(21)18-46-30(44)40(2)28(42)36-16-20-9-13-24(14-10-20)38-26(33)34/h7-14,21-22H,3-6,15-18H2,1-2H3,(H,35,41)(H,36,42)(H4,31,32,37)(H4,33,34,38)/t21-,22-/m0/s1. The SMILES string of the molecule is CN(C(=O)NCc1ccc(N=C(N)N)cc1)C(=O)OC[C@@H]1CCCC[C@H]1COC(=O)N(C)C(=O)NCc1ccc(N=C(N)N)cc1. The Morgan fingerprint density at radius 2 is 1.02 bits per heavy atom. The van der Waals surface area contributed by atoms with E-state index in [0.29, 0.717) is 11.4 Å². The number of nitrogens with two attached hydrogens (primary N) is 4. The zero-order valence-corrected chi connectivity index (χ0v) is 26.0. The molecule has 0 aliphatic heterocycles. The Kier molecular flexibility index (Phi) is 13.0. The first-order valence-corrected chi connectivity index (χ1v) is 14.7. The number of rotatable bonds is 10. The minimum absolute atomic E-state index is 0.0588. The number of aliphatic imine (C=N–C) groups is 2. The van der Waals surface area contributed by atoms with Gasteiger partial charge < -0.3 is 43.0 Å². The summed E-state index contributed by atoms with van der Waals surface area (Å²) in [4.78, 5) is 59.8. The molecule has 2 aromatic rings. The van der Waals surface area contributed by atoms with Gasteiger partial charge in [-0.3, -0.25) is 0 Å². The zero-order valence-electron chi connectivity index (χ0n) is 26.0. The van der Waals surface area contributed by atoms with E-state index >= 15 is 0 Å². The highest BCUT2D eigenvalue weighted by molar-refractivity contribution is 5.91. The minimum Gasteiger partial charge on any atom is -0.449 e. The van der Waals surface area contributed by atoms with Crippen molar-refractivity contribution in [3.8, 4) is 0 Å². The quantitative estimate of drug-likeness (QED) is 0.164. The highest BCUT2D eigenvalue weighted by Gasteiger charge is 2.30. The number of carbonyl (C=O) groups is 4. The number of hydrogen-bond acceptors (Lipinski definition) is 8. The largest absolute Gasteiger partial charge is 0.449 e. The van der Waals surface area contributed by atoms with Crippen molar-refractivity contribution in [1.29, 1.82) is 0 Å². The van der Waals surface area contributed by atoms with Gasteiger partial charge >= 0.3 is 24.2 Å². The number of carbonyl (C=O) groups excluding carboxylic acids is 4. The summed E-state index contributed by atoms with van der Waals surface area (Å²) in [6.07, 6.45) is 1.79. The van der Waals surface area contributed by atoms with Crippen LogP contribution in [0, 0.1) is 11.8 Å². The zero-order chi connectivity index (χ0) is 33.6. The van der Waals surface area contributed by atoms with Gasteiger partial charge in [-0.1, -0.05) is 37.1 Å². The van der Waals surface area contributed by atoms with Crippen molar-refractivity contribution in [1.82, 2.24) is 20.4 Å². The van der Waals surface area contributed by atoms with E-state index in [9.17, 15) is 19.2 Å². The van der Waals surface area contributed by atoms with Crippen LogP contribution in [0.1, 0.15) is 36.8 Å². The summed E-state index contributed by atoms with van der Waals surface area (Å²) in [6.45, 7) is 0.468. The van der Waals surface area contributed by atoms with Crippen LogP contribution in [-0.4, -0.2) is 73.3 Å². The number of guanidine groups is 2. The predicted octanol–water partition coefficient (Wildman–Crippen LogP) is 2.56. The van der Waals surface area contributed by atoms with E-state index in [0.717, 1.165) is 46.6 Å². The van der Waals surface area contributed by atoms with Crippen LogP contribution in [0.15, 0.2) is 58.5 Å². The maximum atomic E-state index is 12.6. The third-order valence-electron chi connectivity index (χ3n) is 7.34. The summed E-state index contributed by atoms with van der Waals surface area (Å²) in [5, 5.41) is 5.32. The van der Waals surface area contributed by atoms with Crippen molar-refractivity contribution >= 4 is 47.5 Å². The number of benzene rings is 2. The first kappa shape index (κ1) is 34.9. The summed E-state index contributed by atoms with van der Waals surface area (Å²) < 4.78 is 10.9. The van der Waals surface area contributed by atoms with Crippen LogP contribution in [0.5, 0.6) is 0 Å². The summed E-state index contributed by atoms with van der Waals surface area (Å²) >= 11 is 0. The van der Waals surface area contributed by atoms with Crippen molar-refractivity contribution in [2.45, 2.75) is 38.8 Å². The van der Waals surface area contributed by atoms with E-state index in [1.807, 2.05) is 0 Å². The van der Waals surface area contributed by atoms with Crippen LogP contribution in [-0.2, 0) is 22.6 Å². The van der Waals surface area contributed by atoms with E-state index in [-0.39, 0.29) is 50.1 Å². The monoisotopic (exact) mass is 638 g/mol. The molecule has 0 unspecified atom stereocenters. The fourth-order valence-corrected chi connectivity index (χ4v) is 4.71. The fraction of sp³-hybridized carbons (Fsp3) is 0.400. The average Bonchev–Trinajstić information content (AvgIpc) is 3.04. The molecule has 6 amide bonds. The second-order valence-corrected chi connectivity index (χ2v) is 10.8. The van der Waals surface area contributed by atoms with Crippen LogP contribution < -0.4 is 33.6 Å². The average molecular weight is 639 g/mol. The lowest BCUT2D eigenvalue weighted by Crippen LogP contribution is -2.43. The molecule has 0 heterocycles. The number of urea groups is 2. The van der Waals surface area contributed by atoms with Crippen LogP contribution in [0.4, 0.5) is 30.6 Å². The van der Waals surface area contributed by atoms with Crippen LogP contribution >= 0.6 is 0 Å². The van der Waals surface area contributed by atoms with Gasteiger partial charge in [-0.15, -0.1) is 0 Å². The van der Waals surface area contributed by atoms with E-state index in [2.05, 4.69) is 20.6 Å². The molecule has 0 bridgehead atoms. The third kappa shape index (κ3) is 11.2. The van der Waals surface area contributed by atoms with Gasteiger partial charge in [0.15, 0.2) is 11.9 Å². The van der Waals surface area contributed by atoms with Crippen molar-refractivity contribution in [2.75, 3.05) is 27.3 Å². The smallest absolute Gasteiger partial charge is 0.417 e. The maximum Gasteiger partial charge on any atom is 0.417 e. The summed E-state index contributed by atoms with van der Waals surface area (Å²) in [5.74, 6) is -0.272. The normalized spacial score (nSPS) is 15.4. The van der Waals surface area contributed by atoms with Crippen molar-refractivity contribution in [2.24, 2.45) is 44.8 Å². The summed E-state index contributed by atoms with van der Waals surface area (Å²) in [6, 6.07) is 12.5. The van der Waals surface area contributed by atoms with Crippen molar-refractivity contribution in [3.05, 3.63) is 59.7 Å². The van der Waals surface area contributed by atoms with Crippen molar-refractivity contribution < 1.29 is 28.7 Å². The molecule has 3 rings (SSSR count). The van der Waals surface area contributed by atoms with Crippen molar-refractivity contribution in [3.63, 3.8) is 0 Å². The molecule has 46 heavy (non-hydrogen) atoms. The molecule has 2 aromatic carbocycles. The Morgan fingerprint density at radius 3 is 1.35 bits per heavy atom. The number of imide groups is 2. The second kappa shape index (κ2) is 17.1. The van der Waals surface area contributed by atoms with E-state index in [1.165, 1.54) is 14.1 Å². The molecule has 16 heteroatoms. The summed E-state index contributed by atoms with van der Waals surface area (Å²) in [7, 11) is 2.64. The minimum atomic E-state index is -0.802. The van der Waals surface area contributed by atoms with Crippen LogP contribution in [0.25, 0.3) is 0 Å². The third-order valence-corrected chi connectivity index (χ3v) is 7.34. The Balaban J connectivity index is 1.41. The van der Waals surface area contributed by atoms with Gasteiger partial charge in [0.2, 0.25) is 0 Å². The summed E-state index contributed by atoms with van der Waals surface area (Å²) in [5.41, 5.74) is 24.2. The van der Waals surface area contributed by atoms with E-state index < -0.39 is 24.2 Å². The Hall–Kier alpha value is -5.54. The first-order chi connectivity index (χ1) is 21.9. The molecule has 0 saturated heterocycles. The molecule has 2 atom stereocenters. The maximum absolute atomic E-state index is 12.6. The number of amides is 6. The highest BCUT2D eigenvalue weighted by Crippen LogP contribution is 2.31. The molecule has 16 nitrogen and oxygen atoms in total. The molecule has 1 fully saturated rings. The molecule has 0 radical (unpaired) electrons. The number of hydrogen-bond donors (Lipinski definition) is 6. The molecule has 1 saturated carbocycles. The molecule has 0 aromatic heterocycles. The Morgan fingerprint density at radius 1 is 0.674 bits per heavy atom. The molecule has 248 valence electrons. The Labute approximate surface area is 267 Å². The second-order valence-electron chi connectivity index (χ2n) is 10.8. The molecule has 1 aliphatic carbocycles. The molecular formula is C30H42N10O6. The van der Waals surface area contributed by atoms with Gasteiger partial charge in [0.05, 0.1) is 24.6 Å². The number of nitrogens with one attached hydrogen (secondary N) is 2. The fourth-order valence-electron chi connectivity index (χ4n) is 4.71. The van der Waals surface area contributed by atoms with Gasteiger partial charge in [0.1, 0.15) is 0 Å². The Bertz CT molecular complexity index is 1300. The van der Waals surface area contributed by atoms with E-state index in [1.54, 1.807) is 48.5 Å². The van der Waals surface area contributed by atoms with Gasteiger partial charge in [-0.2, -0.15) is 0 Å². The lowest BCUT2D eigenvalue weighted by Gasteiger charge is -2.31.